The Hall–Kier alpha value is -1.62. The number of aryl methyl sites for hydroxylation is 1. The van der Waals surface area contributed by atoms with Crippen molar-refractivity contribution >= 4 is 17.4 Å². The molecule has 2 heterocycles. The average molecular weight is 292 g/mol. The molecule has 1 aliphatic carbocycles. The van der Waals surface area contributed by atoms with Gasteiger partial charge >= 0.3 is 0 Å². The second-order valence-electron chi connectivity index (χ2n) is 5.30. The molecular weight excluding hydrogens is 274 g/mol. The molecule has 0 spiro atoms. The minimum Gasteiger partial charge on any atom is -0.373 e. The molecule has 1 N–H and O–H groups in total. The van der Waals surface area contributed by atoms with E-state index in [9.17, 15) is 0 Å². The molecule has 0 bridgehead atoms. The predicted octanol–water partition coefficient (Wildman–Crippen LogP) is 3.16. The van der Waals surface area contributed by atoms with E-state index in [1.807, 2.05) is 32.5 Å². The standard InChI is InChI=1S/C14H18ClN5/c1-7-12(16-4)17-13(10-5-6-10)18-14(7)20-9(3)11(15)8(2)19-20/h10H,5-6H2,1-4H3,(H,16,17,18). The Bertz CT molecular complexity index is 673. The molecule has 1 fully saturated rings. The van der Waals surface area contributed by atoms with Gasteiger partial charge in [0.1, 0.15) is 11.6 Å². The fourth-order valence-electron chi connectivity index (χ4n) is 2.33. The van der Waals surface area contributed by atoms with Gasteiger partial charge in [0.05, 0.1) is 16.4 Å². The number of hydrogen-bond donors (Lipinski definition) is 1. The summed E-state index contributed by atoms with van der Waals surface area (Å²) in [7, 11) is 1.88. The number of nitrogens with one attached hydrogen (secondary N) is 1. The van der Waals surface area contributed by atoms with Crippen LogP contribution in [0.1, 0.15) is 41.5 Å². The average Bonchev–Trinajstić information content (AvgIpc) is 3.24. The highest BCUT2D eigenvalue weighted by atomic mass is 35.5. The van der Waals surface area contributed by atoms with Crippen molar-refractivity contribution in [1.82, 2.24) is 19.7 Å². The van der Waals surface area contributed by atoms with E-state index >= 15 is 0 Å². The summed E-state index contributed by atoms with van der Waals surface area (Å²) in [5, 5.41) is 8.34. The summed E-state index contributed by atoms with van der Waals surface area (Å²) < 4.78 is 1.82. The molecule has 0 amide bonds. The van der Waals surface area contributed by atoms with Gasteiger partial charge in [-0.2, -0.15) is 5.10 Å². The molecule has 2 aromatic heterocycles. The Morgan fingerprint density at radius 2 is 1.90 bits per heavy atom. The third kappa shape index (κ3) is 2.06. The molecule has 0 aromatic carbocycles. The number of rotatable bonds is 3. The number of nitrogens with zero attached hydrogens (tertiary/aromatic N) is 4. The zero-order valence-electron chi connectivity index (χ0n) is 12.2. The van der Waals surface area contributed by atoms with E-state index in [0.29, 0.717) is 10.9 Å². The smallest absolute Gasteiger partial charge is 0.162 e. The van der Waals surface area contributed by atoms with Gasteiger partial charge in [-0.15, -0.1) is 0 Å². The summed E-state index contributed by atoms with van der Waals surface area (Å²) in [5.74, 6) is 3.08. The summed E-state index contributed by atoms with van der Waals surface area (Å²) >= 11 is 6.25. The number of halogens is 1. The molecule has 5 nitrogen and oxygen atoms in total. The van der Waals surface area contributed by atoms with Gasteiger partial charge in [-0.1, -0.05) is 11.6 Å². The normalized spacial score (nSPS) is 14.7. The Balaban J connectivity index is 2.20. The molecule has 0 aliphatic heterocycles. The van der Waals surface area contributed by atoms with E-state index in [4.69, 9.17) is 16.6 Å². The zero-order chi connectivity index (χ0) is 14.4. The van der Waals surface area contributed by atoms with Crippen molar-refractivity contribution in [3.63, 3.8) is 0 Å². The first-order valence-corrected chi connectivity index (χ1v) is 7.19. The molecular formula is C14H18ClN5. The second-order valence-corrected chi connectivity index (χ2v) is 5.68. The fraction of sp³-hybridized carbons (Fsp3) is 0.500. The number of aromatic nitrogens is 4. The summed E-state index contributed by atoms with van der Waals surface area (Å²) in [4.78, 5) is 9.32. The highest BCUT2D eigenvalue weighted by Gasteiger charge is 2.29. The molecule has 2 aromatic rings. The largest absolute Gasteiger partial charge is 0.373 e. The van der Waals surface area contributed by atoms with Crippen molar-refractivity contribution in [2.45, 2.75) is 39.5 Å². The third-order valence-corrected chi connectivity index (χ3v) is 4.27. The van der Waals surface area contributed by atoms with Gasteiger partial charge in [0.15, 0.2) is 5.82 Å². The number of anilines is 1. The van der Waals surface area contributed by atoms with Crippen molar-refractivity contribution in [3.05, 3.63) is 27.8 Å². The van der Waals surface area contributed by atoms with Crippen LogP contribution in [0.4, 0.5) is 5.82 Å². The van der Waals surface area contributed by atoms with E-state index in [2.05, 4.69) is 15.4 Å². The van der Waals surface area contributed by atoms with Crippen LogP contribution >= 0.6 is 11.6 Å². The van der Waals surface area contributed by atoms with Crippen molar-refractivity contribution in [1.29, 1.82) is 0 Å². The van der Waals surface area contributed by atoms with E-state index in [0.717, 1.165) is 34.4 Å². The second kappa shape index (κ2) is 4.74. The molecule has 20 heavy (non-hydrogen) atoms. The first-order valence-electron chi connectivity index (χ1n) is 6.81. The minimum atomic E-state index is 0.494. The Morgan fingerprint density at radius 1 is 1.20 bits per heavy atom. The first kappa shape index (κ1) is 13.4. The van der Waals surface area contributed by atoms with Crippen LogP contribution in [0.15, 0.2) is 0 Å². The summed E-state index contributed by atoms with van der Waals surface area (Å²) in [6, 6.07) is 0. The van der Waals surface area contributed by atoms with Crippen LogP contribution in [0.25, 0.3) is 5.82 Å². The SMILES string of the molecule is CNc1nc(C2CC2)nc(-n2nc(C)c(Cl)c2C)c1C. The topological polar surface area (TPSA) is 55.6 Å². The Labute approximate surface area is 123 Å². The van der Waals surface area contributed by atoms with E-state index in [-0.39, 0.29) is 0 Å². The minimum absolute atomic E-state index is 0.494. The monoisotopic (exact) mass is 291 g/mol. The third-order valence-electron chi connectivity index (χ3n) is 3.72. The Kier molecular flexibility index (Phi) is 3.17. The summed E-state index contributed by atoms with van der Waals surface area (Å²) in [6.45, 7) is 5.87. The molecule has 0 saturated heterocycles. The fourth-order valence-corrected chi connectivity index (χ4v) is 2.44. The lowest BCUT2D eigenvalue weighted by Crippen LogP contribution is -2.11. The molecule has 106 valence electrons. The van der Waals surface area contributed by atoms with Gasteiger partial charge in [-0.3, -0.25) is 0 Å². The van der Waals surface area contributed by atoms with Crippen molar-refractivity contribution in [3.8, 4) is 5.82 Å². The van der Waals surface area contributed by atoms with Crippen LogP contribution < -0.4 is 5.32 Å². The molecule has 3 rings (SSSR count). The van der Waals surface area contributed by atoms with Gasteiger partial charge in [0.2, 0.25) is 0 Å². The maximum atomic E-state index is 6.25. The van der Waals surface area contributed by atoms with Gasteiger partial charge in [0.25, 0.3) is 0 Å². The van der Waals surface area contributed by atoms with Crippen molar-refractivity contribution in [2.75, 3.05) is 12.4 Å². The van der Waals surface area contributed by atoms with Gasteiger partial charge < -0.3 is 5.32 Å². The van der Waals surface area contributed by atoms with Gasteiger partial charge in [0, 0.05) is 18.5 Å². The number of hydrogen-bond acceptors (Lipinski definition) is 4. The van der Waals surface area contributed by atoms with Crippen LogP contribution in [-0.2, 0) is 0 Å². The Morgan fingerprint density at radius 3 is 2.40 bits per heavy atom. The van der Waals surface area contributed by atoms with Crippen LogP contribution in [0.5, 0.6) is 0 Å². The molecule has 0 radical (unpaired) electrons. The van der Waals surface area contributed by atoms with Crippen LogP contribution in [0.3, 0.4) is 0 Å². The highest BCUT2D eigenvalue weighted by Crippen LogP contribution is 2.39. The van der Waals surface area contributed by atoms with E-state index < -0.39 is 0 Å². The summed E-state index contributed by atoms with van der Waals surface area (Å²) in [5.41, 5.74) is 2.72. The van der Waals surface area contributed by atoms with Crippen LogP contribution in [0, 0.1) is 20.8 Å². The maximum absolute atomic E-state index is 6.25. The lowest BCUT2D eigenvalue weighted by molar-refractivity contribution is 0.773. The van der Waals surface area contributed by atoms with Crippen molar-refractivity contribution in [2.24, 2.45) is 0 Å². The van der Waals surface area contributed by atoms with E-state index in [1.54, 1.807) is 0 Å². The maximum Gasteiger partial charge on any atom is 0.162 e. The quantitative estimate of drug-likeness (QED) is 0.944. The lowest BCUT2D eigenvalue weighted by Gasteiger charge is -2.13. The molecule has 0 atom stereocenters. The lowest BCUT2D eigenvalue weighted by atomic mass is 10.2. The zero-order valence-corrected chi connectivity index (χ0v) is 12.9. The highest BCUT2D eigenvalue weighted by molar-refractivity contribution is 6.31. The molecule has 0 unspecified atom stereocenters. The molecule has 1 saturated carbocycles. The van der Waals surface area contributed by atoms with Gasteiger partial charge in [-0.25, -0.2) is 14.6 Å². The molecule has 6 heteroatoms. The van der Waals surface area contributed by atoms with Crippen LogP contribution in [0.2, 0.25) is 5.02 Å². The predicted molar refractivity (Wildman–Crippen MR) is 79.9 cm³/mol. The summed E-state index contributed by atoms with van der Waals surface area (Å²) in [6.07, 6.45) is 2.34. The van der Waals surface area contributed by atoms with Crippen LogP contribution in [-0.4, -0.2) is 26.8 Å². The van der Waals surface area contributed by atoms with E-state index in [1.165, 1.54) is 12.8 Å². The van der Waals surface area contributed by atoms with Gasteiger partial charge in [-0.05, 0) is 33.6 Å². The first-order chi connectivity index (χ1) is 9.52. The molecule has 1 aliphatic rings. The van der Waals surface area contributed by atoms with Crippen molar-refractivity contribution < 1.29 is 0 Å².